The molecule has 208 valence electrons. The molecule has 11 nitrogen and oxygen atoms in total. The standard InChI is InChI=1S/C23H43IO11/c1-2-23(25)35-22-21-34-20-19-33-18-17-32-16-15-31-14-13-30-12-11-29-10-9-28-8-7-27-6-5-26-4-3-24/h2H,1,3-22H2. The van der Waals surface area contributed by atoms with Gasteiger partial charge in [-0.25, -0.2) is 4.79 Å². The van der Waals surface area contributed by atoms with Gasteiger partial charge in [-0.05, 0) is 0 Å². The van der Waals surface area contributed by atoms with Crippen LogP contribution < -0.4 is 0 Å². The maximum Gasteiger partial charge on any atom is 0.330 e. The molecule has 12 heteroatoms. The van der Waals surface area contributed by atoms with Crippen LogP contribution in [0.25, 0.3) is 0 Å². The van der Waals surface area contributed by atoms with Gasteiger partial charge in [0.1, 0.15) is 6.61 Å². The molecule has 0 radical (unpaired) electrons. The van der Waals surface area contributed by atoms with E-state index in [4.69, 9.17) is 47.4 Å². The van der Waals surface area contributed by atoms with E-state index < -0.39 is 5.97 Å². The minimum absolute atomic E-state index is 0.204. The zero-order chi connectivity index (χ0) is 25.5. The Hall–Kier alpha value is -0.420. The van der Waals surface area contributed by atoms with Gasteiger partial charge in [-0.15, -0.1) is 0 Å². The Labute approximate surface area is 223 Å². The van der Waals surface area contributed by atoms with Gasteiger partial charge in [0.15, 0.2) is 0 Å². The number of halogens is 1. The summed E-state index contributed by atoms with van der Waals surface area (Å²) in [6, 6.07) is 0. The van der Waals surface area contributed by atoms with Gasteiger partial charge in [0, 0.05) is 10.5 Å². The van der Waals surface area contributed by atoms with Crippen molar-refractivity contribution < 1.29 is 52.2 Å². The van der Waals surface area contributed by atoms with E-state index in [0.29, 0.717) is 112 Å². The summed E-state index contributed by atoms with van der Waals surface area (Å²) in [5, 5.41) is 0. The highest BCUT2D eigenvalue weighted by atomic mass is 127. The smallest absolute Gasteiger partial charge is 0.330 e. The van der Waals surface area contributed by atoms with Gasteiger partial charge in [0.25, 0.3) is 0 Å². The second-order valence-electron chi connectivity index (χ2n) is 6.57. The first-order valence-corrected chi connectivity index (χ1v) is 13.4. The molecular formula is C23H43IO11. The van der Waals surface area contributed by atoms with E-state index >= 15 is 0 Å². The Balaban J connectivity index is 3.03. The fourth-order valence-corrected chi connectivity index (χ4v) is 2.49. The lowest BCUT2D eigenvalue weighted by atomic mass is 10.6. The summed E-state index contributed by atoms with van der Waals surface area (Å²) in [4.78, 5) is 10.8. The maximum absolute atomic E-state index is 10.8. The van der Waals surface area contributed by atoms with Crippen molar-refractivity contribution >= 4 is 28.6 Å². The molecule has 0 heterocycles. The van der Waals surface area contributed by atoms with Crippen LogP contribution in [0.4, 0.5) is 0 Å². The van der Waals surface area contributed by atoms with E-state index in [1.54, 1.807) is 0 Å². The molecule has 0 fully saturated rings. The molecule has 0 aliphatic rings. The Kier molecular flexibility index (Phi) is 31.2. The lowest BCUT2D eigenvalue weighted by Crippen LogP contribution is -2.15. The molecule has 0 aliphatic heterocycles. The topological polar surface area (TPSA) is 109 Å². The largest absolute Gasteiger partial charge is 0.460 e. The van der Waals surface area contributed by atoms with Gasteiger partial charge in [0.05, 0.1) is 119 Å². The molecule has 0 aromatic carbocycles. The molecule has 0 unspecified atom stereocenters. The van der Waals surface area contributed by atoms with Crippen molar-refractivity contribution in [3.8, 4) is 0 Å². The molecule has 0 bridgehead atoms. The molecule has 35 heavy (non-hydrogen) atoms. The normalized spacial score (nSPS) is 11.1. The van der Waals surface area contributed by atoms with Gasteiger partial charge >= 0.3 is 5.97 Å². The van der Waals surface area contributed by atoms with Crippen LogP contribution in [0.1, 0.15) is 0 Å². The zero-order valence-corrected chi connectivity index (χ0v) is 23.0. The minimum Gasteiger partial charge on any atom is -0.460 e. The molecule has 0 saturated heterocycles. The Morgan fingerprint density at radius 1 is 0.457 bits per heavy atom. The summed E-state index contributed by atoms with van der Waals surface area (Å²) >= 11 is 2.27. The van der Waals surface area contributed by atoms with Crippen molar-refractivity contribution in [1.29, 1.82) is 0 Å². The van der Waals surface area contributed by atoms with E-state index in [0.717, 1.165) is 17.1 Å². The predicted octanol–water partition coefficient (Wildman–Crippen LogP) is 1.30. The summed E-state index contributed by atoms with van der Waals surface area (Å²) in [6.07, 6.45) is 1.12. The fraction of sp³-hybridized carbons (Fsp3) is 0.870. The molecule has 0 N–H and O–H groups in total. The summed E-state index contributed by atoms with van der Waals surface area (Å²) < 4.78 is 54.2. The van der Waals surface area contributed by atoms with Crippen molar-refractivity contribution in [2.75, 3.05) is 130 Å². The van der Waals surface area contributed by atoms with Crippen LogP contribution in [0.15, 0.2) is 12.7 Å². The van der Waals surface area contributed by atoms with E-state index in [2.05, 4.69) is 29.2 Å². The second-order valence-corrected chi connectivity index (χ2v) is 7.65. The van der Waals surface area contributed by atoms with Gasteiger partial charge < -0.3 is 47.4 Å². The van der Waals surface area contributed by atoms with Crippen molar-refractivity contribution in [2.45, 2.75) is 0 Å². The number of alkyl halides is 1. The third kappa shape index (κ3) is 31.6. The van der Waals surface area contributed by atoms with E-state index in [-0.39, 0.29) is 6.61 Å². The van der Waals surface area contributed by atoms with E-state index in [9.17, 15) is 4.79 Å². The Morgan fingerprint density at radius 3 is 0.914 bits per heavy atom. The average Bonchev–Trinajstić information content (AvgIpc) is 2.87. The molecule has 0 spiro atoms. The zero-order valence-electron chi connectivity index (χ0n) is 20.8. The first-order valence-electron chi connectivity index (χ1n) is 11.9. The summed E-state index contributed by atoms with van der Waals surface area (Å²) in [5.41, 5.74) is 0. The van der Waals surface area contributed by atoms with Gasteiger partial charge in [-0.2, -0.15) is 0 Å². The predicted molar refractivity (Wildman–Crippen MR) is 137 cm³/mol. The summed E-state index contributed by atoms with van der Waals surface area (Å²) in [7, 11) is 0. The highest BCUT2D eigenvalue weighted by Crippen LogP contribution is 1.87. The minimum atomic E-state index is -0.455. The Morgan fingerprint density at radius 2 is 0.686 bits per heavy atom. The van der Waals surface area contributed by atoms with Crippen molar-refractivity contribution in [1.82, 2.24) is 0 Å². The van der Waals surface area contributed by atoms with Gasteiger partial charge in [-0.3, -0.25) is 0 Å². The number of carbonyl (C=O) groups is 1. The van der Waals surface area contributed by atoms with Crippen LogP contribution in [0.2, 0.25) is 0 Å². The molecular weight excluding hydrogens is 579 g/mol. The number of carbonyl (C=O) groups excluding carboxylic acids is 1. The van der Waals surface area contributed by atoms with E-state index in [1.807, 2.05) is 0 Å². The van der Waals surface area contributed by atoms with Crippen molar-refractivity contribution in [2.24, 2.45) is 0 Å². The third-order valence-electron chi connectivity index (χ3n) is 3.84. The number of hydrogen-bond acceptors (Lipinski definition) is 11. The maximum atomic E-state index is 10.8. The molecule has 0 atom stereocenters. The number of esters is 1. The molecule has 0 rings (SSSR count). The van der Waals surface area contributed by atoms with Gasteiger partial charge in [-0.1, -0.05) is 29.2 Å². The van der Waals surface area contributed by atoms with Crippen LogP contribution in [0, 0.1) is 0 Å². The van der Waals surface area contributed by atoms with Crippen LogP contribution in [-0.4, -0.2) is 136 Å². The first-order chi connectivity index (χ1) is 17.3. The Bertz CT molecular complexity index is 444. The first kappa shape index (κ1) is 34.6. The second kappa shape index (κ2) is 31.6. The SMILES string of the molecule is C=CC(=O)OCCOCCOCCOCCOCCOCCOCCOCCOCCOCCI. The third-order valence-corrected chi connectivity index (χ3v) is 4.28. The number of hydrogen-bond donors (Lipinski definition) is 0. The molecule has 0 amide bonds. The average molecular weight is 622 g/mol. The highest BCUT2D eigenvalue weighted by molar-refractivity contribution is 14.1. The molecule has 0 aromatic heterocycles. The molecule has 0 saturated carbocycles. The monoisotopic (exact) mass is 622 g/mol. The molecule has 0 aromatic rings. The van der Waals surface area contributed by atoms with Crippen LogP contribution in [0.3, 0.4) is 0 Å². The van der Waals surface area contributed by atoms with Crippen LogP contribution in [0.5, 0.6) is 0 Å². The number of ether oxygens (including phenoxy) is 10. The summed E-state index contributed by atoms with van der Waals surface area (Å²) in [5.74, 6) is -0.455. The van der Waals surface area contributed by atoms with E-state index in [1.165, 1.54) is 0 Å². The number of rotatable bonds is 30. The fourth-order valence-electron chi connectivity index (χ4n) is 2.18. The van der Waals surface area contributed by atoms with Crippen molar-refractivity contribution in [3.05, 3.63) is 12.7 Å². The quantitative estimate of drug-likeness (QED) is 0.0380. The van der Waals surface area contributed by atoms with Gasteiger partial charge in [0.2, 0.25) is 0 Å². The highest BCUT2D eigenvalue weighted by Gasteiger charge is 1.97. The van der Waals surface area contributed by atoms with Crippen molar-refractivity contribution in [3.63, 3.8) is 0 Å². The van der Waals surface area contributed by atoms with Crippen LogP contribution >= 0.6 is 22.6 Å². The molecule has 0 aliphatic carbocycles. The lowest BCUT2D eigenvalue weighted by molar-refractivity contribution is -0.139. The summed E-state index contributed by atoms with van der Waals surface area (Å²) in [6.45, 7) is 12.9. The van der Waals surface area contributed by atoms with Crippen LogP contribution in [-0.2, 0) is 52.2 Å². The lowest BCUT2D eigenvalue weighted by Gasteiger charge is -2.09.